The van der Waals surface area contributed by atoms with Crippen molar-refractivity contribution in [3.05, 3.63) is 28.8 Å². The Morgan fingerprint density at radius 3 is 2.79 bits per heavy atom. The molecule has 0 atom stereocenters. The van der Waals surface area contributed by atoms with Gasteiger partial charge in [-0.2, -0.15) is 0 Å². The minimum absolute atomic E-state index is 0.506. The molecule has 1 aromatic rings. The van der Waals surface area contributed by atoms with Gasteiger partial charge in [0.1, 0.15) is 0 Å². The zero-order valence-electron chi connectivity index (χ0n) is 8.33. The smallest absolute Gasteiger partial charge is 0.0471 e. The molecule has 0 saturated heterocycles. The fourth-order valence-electron chi connectivity index (χ4n) is 1.74. The van der Waals surface area contributed by atoms with Crippen molar-refractivity contribution in [2.75, 3.05) is 11.9 Å². The standard InChI is InChI=1S/C11H15ClN2/c1-14(8-5-6-8)11-4-2-3-10(12)9(11)7-13/h2-4,8H,5-7,13H2,1H3. The number of hydrogen-bond acceptors (Lipinski definition) is 2. The molecule has 1 saturated carbocycles. The largest absolute Gasteiger partial charge is 0.371 e. The van der Waals surface area contributed by atoms with Crippen molar-refractivity contribution < 1.29 is 0 Å². The second-order valence-corrected chi connectivity index (χ2v) is 4.19. The lowest BCUT2D eigenvalue weighted by Gasteiger charge is -2.22. The summed E-state index contributed by atoms with van der Waals surface area (Å²) in [6, 6.07) is 6.66. The molecule has 2 nitrogen and oxygen atoms in total. The van der Waals surface area contributed by atoms with E-state index in [2.05, 4.69) is 18.0 Å². The average Bonchev–Trinajstić information content (AvgIpc) is 2.99. The third-order valence-corrected chi connectivity index (χ3v) is 3.13. The molecule has 0 unspecified atom stereocenters. The van der Waals surface area contributed by atoms with E-state index >= 15 is 0 Å². The lowest BCUT2D eigenvalue weighted by molar-refractivity contribution is 0.898. The second kappa shape index (κ2) is 3.79. The molecule has 2 N–H and O–H groups in total. The van der Waals surface area contributed by atoms with Gasteiger partial charge in [-0.3, -0.25) is 0 Å². The molecule has 0 aromatic heterocycles. The highest BCUT2D eigenvalue weighted by Crippen LogP contribution is 2.34. The fraction of sp³-hybridized carbons (Fsp3) is 0.455. The van der Waals surface area contributed by atoms with Crippen LogP contribution in [0.2, 0.25) is 5.02 Å². The summed E-state index contributed by atoms with van der Waals surface area (Å²) < 4.78 is 0. The van der Waals surface area contributed by atoms with Crippen LogP contribution < -0.4 is 10.6 Å². The molecule has 1 aliphatic rings. The third kappa shape index (κ3) is 1.72. The first-order valence-electron chi connectivity index (χ1n) is 4.94. The number of benzene rings is 1. The Bertz CT molecular complexity index is 334. The van der Waals surface area contributed by atoms with E-state index < -0.39 is 0 Å². The summed E-state index contributed by atoms with van der Waals surface area (Å²) in [5, 5.41) is 0.775. The van der Waals surface area contributed by atoms with E-state index in [0.29, 0.717) is 12.6 Å². The molecule has 0 amide bonds. The van der Waals surface area contributed by atoms with Gasteiger partial charge in [0.25, 0.3) is 0 Å². The topological polar surface area (TPSA) is 29.3 Å². The van der Waals surface area contributed by atoms with Crippen molar-refractivity contribution >= 4 is 17.3 Å². The molecule has 0 heterocycles. The number of halogens is 1. The first-order valence-corrected chi connectivity index (χ1v) is 5.32. The maximum absolute atomic E-state index is 6.09. The summed E-state index contributed by atoms with van der Waals surface area (Å²) in [5.74, 6) is 0. The molecule has 1 aromatic carbocycles. The van der Waals surface area contributed by atoms with Crippen molar-refractivity contribution in [1.29, 1.82) is 0 Å². The van der Waals surface area contributed by atoms with Gasteiger partial charge in [0.15, 0.2) is 0 Å². The van der Waals surface area contributed by atoms with Crippen molar-refractivity contribution in [3.63, 3.8) is 0 Å². The van der Waals surface area contributed by atoms with Crippen LogP contribution >= 0.6 is 11.6 Å². The highest BCUT2D eigenvalue weighted by Gasteiger charge is 2.27. The van der Waals surface area contributed by atoms with Gasteiger partial charge in [-0.15, -0.1) is 0 Å². The second-order valence-electron chi connectivity index (χ2n) is 3.78. The molecule has 0 spiro atoms. The molecule has 1 aliphatic carbocycles. The summed E-state index contributed by atoms with van der Waals surface area (Å²) in [4.78, 5) is 2.29. The Kier molecular flexibility index (Phi) is 2.66. The highest BCUT2D eigenvalue weighted by atomic mass is 35.5. The van der Waals surface area contributed by atoms with Gasteiger partial charge in [0.2, 0.25) is 0 Å². The molecule has 0 radical (unpaired) electrons. The van der Waals surface area contributed by atoms with Crippen LogP contribution in [-0.2, 0) is 6.54 Å². The van der Waals surface area contributed by atoms with Crippen molar-refractivity contribution in [3.8, 4) is 0 Å². The predicted molar refractivity (Wildman–Crippen MR) is 60.8 cm³/mol. The van der Waals surface area contributed by atoms with Crippen LogP contribution in [0.5, 0.6) is 0 Å². The summed E-state index contributed by atoms with van der Waals surface area (Å²) in [6.07, 6.45) is 2.57. The minimum atomic E-state index is 0.506. The van der Waals surface area contributed by atoms with Gasteiger partial charge in [-0.05, 0) is 25.0 Å². The highest BCUT2D eigenvalue weighted by molar-refractivity contribution is 6.31. The number of rotatable bonds is 3. The van der Waals surface area contributed by atoms with Gasteiger partial charge in [0.05, 0.1) is 0 Å². The molecular formula is C11H15ClN2. The Hall–Kier alpha value is -0.730. The van der Waals surface area contributed by atoms with E-state index in [1.54, 1.807) is 0 Å². The lowest BCUT2D eigenvalue weighted by atomic mass is 10.1. The zero-order valence-corrected chi connectivity index (χ0v) is 9.09. The Labute approximate surface area is 89.7 Å². The van der Waals surface area contributed by atoms with Crippen LogP contribution in [0.15, 0.2) is 18.2 Å². The van der Waals surface area contributed by atoms with Crippen LogP contribution in [0, 0.1) is 0 Å². The average molecular weight is 211 g/mol. The molecule has 3 heteroatoms. The number of nitrogens with two attached hydrogens (primary N) is 1. The summed E-state index contributed by atoms with van der Waals surface area (Å²) in [5.41, 5.74) is 7.94. The van der Waals surface area contributed by atoms with E-state index in [1.165, 1.54) is 18.5 Å². The monoisotopic (exact) mass is 210 g/mol. The van der Waals surface area contributed by atoms with E-state index in [4.69, 9.17) is 17.3 Å². The van der Waals surface area contributed by atoms with E-state index in [0.717, 1.165) is 10.6 Å². The normalized spacial score (nSPS) is 15.6. The van der Waals surface area contributed by atoms with Gasteiger partial charge in [-0.1, -0.05) is 17.7 Å². The summed E-state index contributed by atoms with van der Waals surface area (Å²) >= 11 is 6.09. The first-order chi connectivity index (χ1) is 6.74. The maximum Gasteiger partial charge on any atom is 0.0471 e. The van der Waals surface area contributed by atoms with Gasteiger partial charge < -0.3 is 10.6 Å². The quantitative estimate of drug-likeness (QED) is 0.830. The zero-order chi connectivity index (χ0) is 10.1. The van der Waals surface area contributed by atoms with Crippen LogP contribution in [0.1, 0.15) is 18.4 Å². The Morgan fingerprint density at radius 2 is 2.21 bits per heavy atom. The van der Waals surface area contributed by atoms with E-state index in [1.807, 2.05) is 12.1 Å². The van der Waals surface area contributed by atoms with Crippen molar-refractivity contribution in [2.45, 2.75) is 25.4 Å². The Balaban J connectivity index is 2.35. The lowest BCUT2D eigenvalue weighted by Crippen LogP contribution is -2.21. The molecular weight excluding hydrogens is 196 g/mol. The van der Waals surface area contributed by atoms with Crippen LogP contribution in [0.3, 0.4) is 0 Å². The number of hydrogen-bond donors (Lipinski definition) is 1. The molecule has 0 aliphatic heterocycles. The first kappa shape index (κ1) is 9.81. The molecule has 76 valence electrons. The van der Waals surface area contributed by atoms with Gasteiger partial charge in [-0.25, -0.2) is 0 Å². The van der Waals surface area contributed by atoms with E-state index in [-0.39, 0.29) is 0 Å². The van der Waals surface area contributed by atoms with Crippen LogP contribution in [0.25, 0.3) is 0 Å². The SMILES string of the molecule is CN(c1cccc(Cl)c1CN)C1CC1. The molecule has 1 fully saturated rings. The third-order valence-electron chi connectivity index (χ3n) is 2.77. The minimum Gasteiger partial charge on any atom is -0.371 e. The fourth-order valence-corrected chi connectivity index (χ4v) is 1.99. The number of anilines is 1. The molecule has 14 heavy (non-hydrogen) atoms. The molecule has 2 rings (SSSR count). The Morgan fingerprint density at radius 1 is 1.50 bits per heavy atom. The van der Waals surface area contributed by atoms with E-state index in [9.17, 15) is 0 Å². The van der Waals surface area contributed by atoms with Gasteiger partial charge >= 0.3 is 0 Å². The van der Waals surface area contributed by atoms with Crippen LogP contribution in [0.4, 0.5) is 5.69 Å². The van der Waals surface area contributed by atoms with Crippen molar-refractivity contribution in [1.82, 2.24) is 0 Å². The molecule has 0 bridgehead atoms. The van der Waals surface area contributed by atoms with Crippen molar-refractivity contribution in [2.24, 2.45) is 5.73 Å². The van der Waals surface area contributed by atoms with Gasteiger partial charge in [0, 0.05) is 35.9 Å². The summed E-state index contributed by atoms with van der Waals surface area (Å²) in [6.45, 7) is 0.506. The summed E-state index contributed by atoms with van der Waals surface area (Å²) in [7, 11) is 2.11. The maximum atomic E-state index is 6.09. The predicted octanol–water partition coefficient (Wildman–Crippen LogP) is 2.40. The number of nitrogens with zero attached hydrogens (tertiary/aromatic N) is 1. The van der Waals surface area contributed by atoms with Crippen LogP contribution in [-0.4, -0.2) is 13.1 Å².